The first-order valence-electron chi connectivity index (χ1n) is 7.84. The van der Waals surface area contributed by atoms with Crippen LogP contribution in [0.15, 0.2) is 33.8 Å². The Hall–Kier alpha value is -2.28. The number of rotatable bonds is 3. The Labute approximate surface area is 144 Å². The summed E-state index contributed by atoms with van der Waals surface area (Å²) in [5, 5.41) is 4.36. The highest BCUT2D eigenvalue weighted by molar-refractivity contribution is 6.33. The van der Waals surface area contributed by atoms with Crippen LogP contribution in [0.25, 0.3) is 0 Å². The van der Waals surface area contributed by atoms with Crippen molar-refractivity contribution in [3.05, 3.63) is 45.7 Å². The molecule has 0 atom stereocenters. The molecule has 7 nitrogen and oxygen atoms in total. The van der Waals surface area contributed by atoms with Gasteiger partial charge in [-0.25, -0.2) is 4.68 Å². The van der Waals surface area contributed by atoms with Gasteiger partial charge in [0.1, 0.15) is 5.02 Å². The Morgan fingerprint density at radius 2 is 2.00 bits per heavy atom. The third-order valence-electron chi connectivity index (χ3n) is 4.05. The zero-order valence-electron chi connectivity index (χ0n) is 13.6. The minimum atomic E-state index is -0.293. The van der Waals surface area contributed by atoms with Gasteiger partial charge in [0, 0.05) is 26.2 Å². The number of aromatic nitrogens is 2. The summed E-state index contributed by atoms with van der Waals surface area (Å²) in [6.45, 7) is 5.98. The highest BCUT2D eigenvalue weighted by atomic mass is 35.5. The van der Waals surface area contributed by atoms with Crippen LogP contribution in [0.1, 0.15) is 30.4 Å². The van der Waals surface area contributed by atoms with E-state index in [1.165, 1.54) is 10.9 Å². The first kappa shape index (κ1) is 16.6. The number of carbonyl (C=O) groups excluding carboxylic acids is 1. The predicted octanol–water partition coefficient (Wildman–Crippen LogP) is 2.03. The fraction of sp³-hybridized carbons (Fsp3) is 0.438. The molecule has 1 aliphatic heterocycles. The van der Waals surface area contributed by atoms with Crippen LogP contribution in [-0.2, 0) is 0 Å². The third-order valence-corrected chi connectivity index (χ3v) is 4.41. The molecule has 1 aliphatic rings. The number of hydrogen-bond donors (Lipinski definition) is 0. The fourth-order valence-electron chi connectivity index (χ4n) is 2.73. The Balaban J connectivity index is 1.72. The average Bonchev–Trinajstić information content (AvgIpc) is 3.11. The van der Waals surface area contributed by atoms with Crippen LogP contribution in [0.3, 0.4) is 0 Å². The van der Waals surface area contributed by atoms with Crippen molar-refractivity contribution in [3.63, 3.8) is 0 Å². The summed E-state index contributed by atoms with van der Waals surface area (Å²) in [6, 6.07) is 3.30. The van der Waals surface area contributed by atoms with E-state index < -0.39 is 0 Å². The van der Waals surface area contributed by atoms with Gasteiger partial charge >= 0.3 is 0 Å². The molecular formula is C16H19ClN4O3. The molecule has 0 N–H and O–H groups in total. The summed E-state index contributed by atoms with van der Waals surface area (Å²) in [5.41, 5.74) is 0.321. The van der Waals surface area contributed by atoms with Crippen molar-refractivity contribution in [2.45, 2.75) is 19.9 Å². The Morgan fingerprint density at radius 1 is 1.29 bits per heavy atom. The quantitative estimate of drug-likeness (QED) is 0.847. The molecule has 2 aromatic rings. The summed E-state index contributed by atoms with van der Waals surface area (Å²) < 4.78 is 6.51. The zero-order valence-corrected chi connectivity index (χ0v) is 14.4. The van der Waals surface area contributed by atoms with Crippen molar-refractivity contribution >= 4 is 23.2 Å². The van der Waals surface area contributed by atoms with Crippen LogP contribution in [0.4, 0.5) is 5.69 Å². The fourth-order valence-corrected chi connectivity index (χ4v) is 2.99. The number of anilines is 1. The first-order chi connectivity index (χ1) is 11.5. The zero-order chi connectivity index (χ0) is 17.3. The second-order valence-electron chi connectivity index (χ2n) is 5.94. The monoisotopic (exact) mass is 350 g/mol. The highest BCUT2D eigenvalue weighted by Gasteiger charge is 2.25. The van der Waals surface area contributed by atoms with E-state index in [1.807, 2.05) is 18.7 Å². The topological polar surface area (TPSA) is 71.6 Å². The van der Waals surface area contributed by atoms with E-state index in [0.29, 0.717) is 37.6 Å². The van der Waals surface area contributed by atoms with E-state index in [1.54, 1.807) is 23.2 Å². The molecule has 0 aliphatic carbocycles. The lowest BCUT2D eigenvalue weighted by atomic mass is 10.2. The largest absolute Gasteiger partial charge is 0.459 e. The molecule has 0 saturated carbocycles. The van der Waals surface area contributed by atoms with E-state index in [2.05, 4.69) is 5.10 Å². The smallest absolute Gasteiger partial charge is 0.289 e. The van der Waals surface area contributed by atoms with Gasteiger partial charge in [-0.2, -0.15) is 5.10 Å². The maximum absolute atomic E-state index is 12.3. The van der Waals surface area contributed by atoms with Gasteiger partial charge in [0.05, 0.1) is 24.2 Å². The van der Waals surface area contributed by atoms with Crippen LogP contribution in [0.2, 0.25) is 5.02 Å². The number of carbonyl (C=O) groups is 1. The van der Waals surface area contributed by atoms with Crippen LogP contribution in [0.5, 0.6) is 0 Å². The number of piperazine rings is 1. The van der Waals surface area contributed by atoms with Gasteiger partial charge in [0.15, 0.2) is 5.76 Å². The van der Waals surface area contributed by atoms with Gasteiger partial charge < -0.3 is 14.2 Å². The Bertz CT molecular complexity index is 777. The van der Waals surface area contributed by atoms with Crippen molar-refractivity contribution in [2.75, 3.05) is 31.1 Å². The molecule has 0 unspecified atom stereocenters. The minimum Gasteiger partial charge on any atom is -0.459 e. The van der Waals surface area contributed by atoms with Crippen molar-refractivity contribution in [3.8, 4) is 0 Å². The van der Waals surface area contributed by atoms with E-state index in [9.17, 15) is 9.59 Å². The molecule has 0 spiro atoms. The van der Waals surface area contributed by atoms with E-state index in [0.717, 1.165) is 0 Å². The molecule has 128 valence electrons. The predicted molar refractivity (Wildman–Crippen MR) is 90.7 cm³/mol. The lowest BCUT2D eigenvalue weighted by molar-refractivity contribution is 0.0714. The Morgan fingerprint density at radius 3 is 2.58 bits per heavy atom. The molecule has 0 bridgehead atoms. The van der Waals surface area contributed by atoms with E-state index in [-0.39, 0.29) is 22.5 Å². The summed E-state index contributed by atoms with van der Waals surface area (Å²) >= 11 is 6.25. The van der Waals surface area contributed by atoms with Crippen molar-refractivity contribution in [2.24, 2.45) is 0 Å². The number of halogens is 1. The summed E-state index contributed by atoms with van der Waals surface area (Å²) in [4.78, 5) is 28.2. The lowest BCUT2D eigenvalue weighted by Crippen LogP contribution is -2.49. The van der Waals surface area contributed by atoms with E-state index in [4.69, 9.17) is 16.0 Å². The molecular weight excluding hydrogens is 332 g/mol. The Kier molecular flexibility index (Phi) is 4.62. The molecule has 3 rings (SSSR count). The highest BCUT2D eigenvalue weighted by Crippen LogP contribution is 2.23. The van der Waals surface area contributed by atoms with Crippen molar-refractivity contribution < 1.29 is 9.21 Å². The van der Waals surface area contributed by atoms with Crippen LogP contribution < -0.4 is 10.5 Å². The number of hydrogen-bond acceptors (Lipinski definition) is 5. The van der Waals surface area contributed by atoms with Crippen LogP contribution >= 0.6 is 11.6 Å². The maximum Gasteiger partial charge on any atom is 0.289 e. The third kappa shape index (κ3) is 3.03. The summed E-state index contributed by atoms with van der Waals surface area (Å²) in [7, 11) is 0. The molecule has 8 heteroatoms. The summed E-state index contributed by atoms with van der Waals surface area (Å²) in [5.74, 6) is 0.210. The number of amides is 1. The summed E-state index contributed by atoms with van der Waals surface area (Å²) in [6.07, 6.45) is 3.10. The normalized spacial score (nSPS) is 15.2. The SMILES string of the molecule is CC(C)n1ncc(N2CCN(C(=O)c3ccco3)CC2)c(Cl)c1=O. The van der Waals surface area contributed by atoms with Gasteiger partial charge in [0.2, 0.25) is 0 Å². The standard InChI is InChI=1S/C16H19ClN4O3/c1-11(2)21-16(23)14(17)12(10-18-21)19-5-7-20(8-6-19)15(22)13-4-3-9-24-13/h3-4,9-11H,5-8H2,1-2H3. The van der Waals surface area contributed by atoms with Crippen molar-refractivity contribution in [1.29, 1.82) is 0 Å². The van der Waals surface area contributed by atoms with Gasteiger partial charge in [-0.3, -0.25) is 9.59 Å². The van der Waals surface area contributed by atoms with Gasteiger partial charge in [-0.05, 0) is 26.0 Å². The van der Waals surface area contributed by atoms with Gasteiger partial charge in [-0.1, -0.05) is 11.6 Å². The van der Waals surface area contributed by atoms with Gasteiger partial charge in [-0.15, -0.1) is 0 Å². The molecule has 0 radical (unpaired) electrons. The first-order valence-corrected chi connectivity index (χ1v) is 8.22. The van der Waals surface area contributed by atoms with Crippen LogP contribution in [-0.4, -0.2) is 46.8 Å². The molecule has 2 aromatic heterocycles. The lowest BCUT2D eigenvalue weighted by Gasteiger charge is -2.35. The van der Waals surface area contributed by atoms with Crippen LogP contribution in [0, 0.1) is 0 Å². The molecule has 1 saturated heterocycles. The second kappa shape index (κ2) is 6.68. The molecule has 1 amide bonds. The molecule has 0 aromatic carbocycles. The maximum atomic E-state index is 12.3. The molecule has 3 heterocycles. The van der Waals surface area contributed by atoms with Gasteiger partial charge in [0.25, 0.3) is 11.5 Å². The second-order valence-corrected chi connectivity index (χ2v) is 6.32. The van der Waals surface area contributed by atoms with E-state index >= 15 is 0 Å². The average molecular weight is 351 g/mol. The molecule has 24 heavy (non-hydrogen) atoms. The number of nitrogens with zero attached hydrogens (tertiary/aromatic N) is 4. The molecule has 1 fully saturated rings. The van der Waals surface area contributed by atoms with Crippen molar-refractivity contribution in [1.82, 2.24) is 14.7 Å². The minimum absolute atomic E-state index is 0.0492. The number of furan rings is 1.